The van der Waals surface area contributed by atoms with Gasteiger partial charge in [0.2, 0.25) is 11.8 Å². The molecule has 2 aromatic carbocycles. The first-order chi connectivity index (χ1) is 14.5. The lowest BCUT2D eigenvalue weighted by Crippen LogP contribution is -2.26. The monoisotopic (exact) mass is 420 g/mol. The van der Waals surface area contributed by atoms with E-state index >= 15 is 0 Å². The average molecular weight is 420 g/mol. The smallest absolute Gasteiger partial charge is 0.286 e. The molecule has 1 aromatic heterocycles. The maximum absolute atomic E-state index is 12.9. The minimum absolute atomic E-state index is 0.0241. The van der Waals surface area contributed by atoms with Gasteiger partial charge in [0.25, 0.3) is 5.24 Å². The van der Waals surface area contributed by atoms with E-state index in [1.807, 2.05) is 49.4 Å². The molecule has 3 aromatic rings. The highest BCUT2D eigenvalue weighted by Gasteiger charge is 2.32. The normalized spacial score (nSPS) is 16.0. The first-order valence-corrected chi connectivity index (χ1v) is 10.5. The summed E-state index contributed by atoms with van der Waals surface area (Å²) in [5.41, 5.74) is 3.00. The minimum atomic E-state index is -0.502. The van der Waals surface area contributed by atoms with E-state index < -0.39 is 5.25 Å². The fraction of sp³-hybridized carbons (Fsp3) is 0.217. The Kier molecular flexibility index (Phi) is 5.81. The van der Waals surface area contributed by atoms with Crippen LogP contribution in [0.1, 0.15) is 33.8 Å². The third kappa shape index (κ3) is 4.36. The van der Waals surface area contributed by atoms with E-state index in [1.54, 1.807) is 12.1 Å². The van der Waals surface area contributed by atoms with Crippen LogP contribution in [0.25, 0.3) is 11.5 Å². The van der Waals surface area contributed by atoms with Crippen molar-refractivity contribution in [3.63, 3.8) is 0 Å². The third-order valence-electron chi connectivity index (χ3n) is 4.99. The lowest BCUT2D eigenvalue weighted by atomic mass is 9.96. The molecule has 0 radical (unpaired) electrons. The average Bonchev–Trinajstić information content (AvgIpc) is 3.28. The van der Waals surface area contributed by atoms with Crippen molar-refractivity contribution in [1.82, 2.24) is 10.3 Å². The molecule has 152 valence electrons. The van der Waals surface area contributed by atoms with Gasteiger partial charge in [-0.2, -0.15) is 0 Å². The Hall–Kier alpha value is -3.19. The molecule has 0 spiro atoms. The lowest BCUT2D eigenvalue weighted by molar-refractivity contribution is -0.118. The standard InChI is InChI=1S/C23H20N2O4S/c1-14-18(24-22(29-14)15-7-3-2-4-8-15)11-12-19(26)17-10-6-5-9-16(17)13-20-21(27)25-23(28)30-20/h2-10,20H,11-13H2,1H3,(H,25,27,28). The Morgan fingerprint density at radius 1 is 1.10 bits per heavy atom. The number of nitrogens with one attached hydrogen (secondary N) is 1. The molecule has 4 rings (SSSR count). The van der Waals surface area contributed by atoms with E-state index in [4.69, 9.17) is 4.42 Å². The van der Waals surface area contributed by atoms with Gasteiger partial charge in [0.1, 0.15) is 5.76 Å². The Labute approximate surface area is 178 Å². The third-order valence-corrected chi connectivity index (χ3v) is 5.97. The molecule has 1 unspecified atom stereocenters. The van der Waals surface area contributed by atoms with Crippen molar-refractivity contribution in [2.24, 2.45) is 0 Å². The summed E-state index contributed by atoms with van der Waals surface area (Å²) in [7, 11) is 0. The number of carbonyl (C=O) groups excluding carboxylic acids is 3. The van der Waals surface area contributed by atoms with E-state index in [1.165, 1.54) is 0 Å². The van der Waals surface area contributed by atoms with Crippen LogP contribution in [0.5, 0.6) is 0 Å². The van der Waals surface area contributed by atoms with Crippen LogP contribution in [0.4, 0.5) is 4.79 Å². The van der Waals surface area contributed by atoms with Crippen LogP contribution in [0.3, 0.4) is 0 Å². The van der Waals surface area contributed by atoms with Crippen molar-refractivity contribution in [3.8, 4) is 11.5 Å². The number of rotatable bonds is 7. The van der Waals surface area contributed by atoms with Gasteiger partial charge in [-0.05, 0) is 31.0 Å². The molecule has 1 atom stereocenters. The molecule has 1 saturated heterocycles. The quantitative estimate of drug-likeness (QED) is 0.571. The Morgan fingerprint density at radius 2 is 1.83 bits per heavy atom. The number of hydrogen-bond acceptors (Lipinski definition) is 6. The first-order valence-electron chi connectivity index (χ1n) is 9.65. The number of carbonyl (C=O) groups is 3. The highest BCUT2D eigenvalue weighted by Crippen LogP contribution is 2.26. The molecule has 2 amide bonds. The first kappa shape index (κ1) is 20.1. The fourth-order valence-electron chi connectivity index (χ4n) is 3.43. The van der Waals surface area contributed by atoms with Gasteiger partial charge < -0.3 is 4.42 Å². The summed E-state index contributed by atoms with van der Waals surface area (Å²) in [5.74, 6) is 0.917. The predicted octanol–water partition coefficient (Wildman–Crippen LogP) is 4.36. The van der Waals surface area contributed by atoms with Gasteiger partial charge >= 0.3 is 0 Å². The van der Waals surface area contributed by atoms with E-state index in [9.17, 15) is 14.4 Å². The number of hydrogen-bond donors (Lipinski definition) is 1. The Morgan fingerprint density at radius 3 is 2.57 bits per heavy atom. The number of oxazole rings is 1. The number of aryl methyl sites for hydroxylation is 2. The summed E-state index contributed by atoms with van der Waals surface area (Å²) in [6, 6.07) is 16.9. The maximum atomic E-state index is 12.9. The molecule has 0 saturated carbocycles. The van der Waals surface area contributed by atoms with Crippen molar-refractivity contribution >= 4 is 28.7 Å². The molecule has 1 aliphatic rings. The van der Waals surface area contributed by atoms with Gasteiger partial charge in [-0.25, -0.2) is 4.98 Å². The van der Waals surface area contributed by atoms with E-state index in [2.05, 4.69) is 10.3 Å². The van der Waals surface area contributed by atoms with Crippen molar-refractivity contribution < 1.29 is 18.8 Å². The van der Waals surface area contributed by atoms with Crippen molar-refractivity contribution in [3.05, 3.63) is 77.2 Å². The van der Waals surface area contributed by atoms with Crippen LogP contribution < -0.4 is 5.32 Å². The van der Waals surface area contributed by atoms with Crippen LogP contribution in [0, 0.1) is 6.92 Å². The number of nitrogens with zero attached hydrogens (tertiary/aromatic N) is 1. The molecule has 0 bridgehead atoms. The molecule has 1 aliphatic heterocycles. The number of thioether (sulfide) groups is 1. The fourth-order valence-corrected chi connectivity index (χ4v) is 4.28. The summed E-state index contributed by atoms with van der Waals surface area (Å²) in [4.78, 5) is 40.8. The number of amides is 2. The predicted molar refractivity (Wildman–Crippen MR) is 114 cm³/mol. The largest absolute Gasteiger partial charge is 0.441 e. The summed E-state index contributed by atoms with van der Waals surface area (Å²) < 4.78 is 5.77. The summed E-state index contributed by atoms with van der Waals surface area (Å²) in [5, 5.41) is 1.44. The van der Waals surface area contributed by atoms with E-state index in [0.717, 1.165) is 28.6 Å². The SMILES string of the molecule is Cc1oc(-c2ccccc2)nc1CCC(=O)c1ccccc1CC1SC(=O)NC1=O. The molecule has 6 nitrogen and oxygen atoms in total. The van der Waals surface area contributed by atoms with Crippen LogP contribution in [0.15, 0.2) is 59.0 Å². The number of benzene rings is 2. The van der Waals surface area contributed by atoms with Crippen LogP contribution in [0.2, 0.25) is 0 Å². The topological polar surface area (TPSA) is 89.3 Å². The number of ketones is 1. The lowest BCUT2D eigenvalue weighted by Gasteiger charge is -2.10. The summed E-state index contributed by atoms with van der Waals surface area (Å²) in [6.45, 7) is 1.85. The van der Waals surface area contributed by atoms with Crippen molar-refractivity contribution in [2.75, 3.05) is 0 Å². The number of aromatic nitrogens is 1. The molecular weight excluding hydrogens is 400 g/mol. The Bertz CT molecular complexity index is 1110. The second-order valence-electron chi connectivity index (χ2n) is 7.06. The van der Waals surface area contributed by atoms with Gasteiger partial charge in [-0.15, -0.1) is 0 Å². The second-order valence-corrected chi connectivity index (χ2v) is 8.23. The Balaban J connectivity index is 1.46. The summed E-state index contributed by atoms with van der Waals surface area (Å²) in [6.07, 6.45) is 1.08. The van der Waals surface area contributed by atoms with E-state index in [-0.39, 0.29) is 23.4 Å². The zero-order chi connectivity index (χ0) is 21.1. The zero-order valence-electron chi connectivity index (χ0n) is 16.4. The molecule has 7 heteroatoms. The van der Waals surface area contributed by atoms with E-state index in [0.29, 0.717) is 30.1 Å². The number of Topliss-reactive ketones (excluding diaryl/α,β-unsaturated/α-hetero) is 1. The highest BCUT2D eigenvalue weighted by atomic mass is 32.2. The zero-order valence-corrected chi connectivity index (χ0v) is 17.2. The summed E-state index contributed by atoms with van der Waals surface area (Å²) >= 11 is 0.968. The number of imide groups is 1. The van der Waals surface area contributed by atoms with Gasteiger partial charge in [-0.1, -0.05) is 54.2 Å². The van der Waals surface area contributed by atoms with Crippen molar-refractivity contribution in [1.29, 1.82) is 0 Å². The van der Waals surface area contributed by atoms with Gasteiger partial charge in [0.15, 0.2) is 5.78 Å². The molecular formula is C23H20N2O4S. The highest BCUT2D eigenvalue weighted by molar-refractivity contribution is 8.15. The van der Waals surface area contributed by atoms with Crippen molar-refractivity contribution in [2.45, 2.75) is 31.4 Å². The van der Waals surface area contributed by atoms with Crippen LogP contribution >= 0.6 is 11.8 Å². The molecule has 2 heterocycles. The molecule has 1 N–H and O–H groups in total. The van der Waals surface area contributed by atoms with Gasteiger partial charge in [0.05, 0.1) is 10.9 Å². The molecule has 30 heavy (non-hydrogen) atoms. The van der Waals surface area contributed by atoms with Gasteiger partial charge in [0, 0.05) is 24.0 Å². The maximum Gasteiger partial charge on any atom is 0.286 e. The molecule has 0 aliphatic carbocycles. The van der Waals surface area contributed by atoms with Gasteiger partial charge in [-0.3, -0.25) is 19.7 Å². The molecule has 1 fully saturated rings. The second kappa shape index (κ2) is 8.67. The van der Waals surface area contributed by atoms with Crippen LogP contribution in [-0.4, -0.2) is 27.2 Å². The van der Waals surface area contributed by atoms with Crippen LogP contribution in [-0.2, 0) is 17.6 Å². The minimum Gasteiger partial charge on any atom is -0.441 e.